The number of rotatable bonds is 3. The van der Waals surface area contributed by atoms with E-state index in [2.05, 4.69) is 15.5 Å². The molecule has 0 radical (unpaired) electrons. The van der Waals surface area contributed by atoms with Gasteiger partial charge in [0, 0.05) is 19.5 Å². The molecule has 1 aromatic heterocycles. The number of benzene rings is 1. The van der Waals surface area contributed by atoms with Crippen LogP contribution in [0, 0.1) is 0 Å². The first-order valence-electron chi connectivity index (χ1n) is 7.99. The summed E-state index contributed by atoms with van der Waals surface area (Å²) in [6.07, 6.45) is -4.50. The molecular weight excluding hydrogens is 383 g/mol. The van der Waals surface area contributed by atoms with E-state index in [0.717, 1.165) is 16.3 Å². The van der Waals surface area contributed by atoms with Crippen molar-refractivity contribution in [1.29, 1.82) is 0 Å². The average molecular weight is 399 g/mol. The number of para-hydroxylation sites is 2. The maximum Gasteiger partial charge on any atom is 0.451 e. The predicted molar refractivity (Wildman–Crippen MR) is 93.4 cm³/mol. The summed E-state index contributed by atoms with van der Waals surface area (Å²) in [4.78, 5) is 26.3. The second-order valence-corrected chi connectivity index (χ2v) is 6.98. The number of hydrogen-bond acceptors (Lipinski definition) is 5. The van der Waals surface area contributed by atoms with E-state index in [1.807, 2.05) is 0 Å². The Labute approximate surface area is 156 Å². The smallest absolute Gasteiger partial charge is 0.324 e. The molecule has 0 spiro atoms. The van der Waals surface area contributed by atoms with E-state index in [4.69, 9.17) is 0 Å². The number of alkyl halides is 3. The summed E-state index contributed by atoms with van der Waals surface area (Å²) in [5.74, 6) is -1.81. The minimum Gasteiger partial charge on any atom is -0.324 e. The highest BCUT2D eigenvalue weighted by molar-refractivity contribution is 7.99. The lowest BCUT2D eigenvalue weighted by Crippen LogP contribution is -2.40. The van der Waals surface area contributed by atoms with E-state index < -0.39 is 18.0 Å². The van der Waals surface area contributed by atoms with Gasteiger partial charge < -0.3 is 14.8 Å². The predicted octanol–water partition coefficient (Wildman–Crippen LogP) is 2.69. The van der Waals surface area contributed by atoms with Gasteiger partial charge in [0.1, 0.15) is 0 Å². The largest absolute Gasteiger partial charge is 0.451 e. The summed E-state index contributed by atoms with van der Waals surface area (Å²) in [5, 5.41) is 9.39. The summed E-state index contributed by atoms with van der Waals surface area (Å²) in [5.41, 5.74) is 1.07. The van der Waals surface area contributed by atoms with Crippen LogP contribution in [0.3, 0.4) is 0 Å². The van der Waals surface area contributed by atoms with Crippen molar-refractivity contribution in [3.63, 3.8) is 0 Å². The first-order chi connectivity index (χ1) is 12.7. The SMILES string of the molecule is C[C@H]1CC(=O)Nc2ccccc2N1C(=O)CSc1nnc(C(F)(F)F)n1C. The highest BCUT2D eigenvalue weighted by atomic mass is 32.2. The van der Waals surface area contributed by atoms with Crippen LogP contribution in [-0.4, -0.2) is 38.4 Å². The Morgan fingerprint density at radius 3 is 2.70 bits per heavy atom. The van der Waals surface area contributed by atoms with Crippen LogP contribution >= 0.6 is 11.8 Å². The van der Waals surface area contributed by atoms with Gasteiger partial charge in [-0.2, -0.15) is 13.2 Å². The second kappa shape index (κ2) is 7.22. The van der Waals surface area contributed by atoms with Gasteiger partial charge in [-0.1, -0.05) is 23.9 Å². The molecule has 144 valence electrons. The Morgan fingerprint density at radius 1 is 1.33 bits per heavy atom. The number of amides is 2. The van der Waals surface area contributed by atoms with Crippen molar-refractivity contribution in [2.75, 3.05) is 16.0 Å². The number of fused-ring (bicyclic) bond motifs is 1. The minimum absolute atomic E-state index is 0.0133. The molecule has 2 aromatic rings. The third-order valence-corrected chi connectivity index (χ3v) is 5.05. The number of halogens is 3. The van der Waals surface area contributed by atoms with E-state index in [9.17, 15) is 22.8 Å². The van der Waals surface area contributed by atoms with Gasteiger partial charge in [0.05, 0.1) is 17.1 Å². The summed E-state index contributed by atoms with van der Waals surface area (Å²) >= 11 is 0.863. The monoisotopic (exact) mass is 399 g/mol. The molecule has 0 saturated heterocycles. The molecule has 1 atom stereocenters. The molecule has 1 aliphatic heterocycles. The number of nitrogens with zero attached hydrogens (tertiary/aromatic N) is 4. The van der Waals surface area contributed by atoms with Crippen LogP contribution in [0.15, 0.2) is 29.4 Å². The summed E-state index contributed by atoms with van der Waals surface area (Å²) in [6.45, 7) is 1.74. The number of carbonyl (C=O) groups excluding carboxylic acids is 2. The molecule has 1 aliphatic rings. The van der Waals surface area contributed by atoms with Gasteiger partial charge in [-0.05, 0) is 19.1 Å². The highest BCUT2D eigenvalue weighted by Gasteiger charge is 2.38. The van der Waals surface area contributed by atoms with E-state index in [0.29, 0.717) is 11.4 Å². The Morgan fingerprint density at radius 2 is 2.04 bits per heavy atom. The zero-order valence-corrected chi connectivity index (χ0v) is 15.3. The van der Waals surface area contributed by atoms with Crippen molar-refractivity contribution >= 4 is 35.0 Å². The minimum atomic E-state index is -4.62. The van der Waals surface area contributed by atoms with Crippen molar-refractivity contribution in [3.8, 4) is 0 Å². The van der Waals surface area contributed by atoms with Gasteiger partial charge in [0.15, 0.2) is 5.16 Å². The van der Waals surface area contributed by atoms with Crippen molar-refractivity contribution in [2.45, 2.75) is 30.7 Å². The third kappa shape index (κ3) is 3.92. The molecule has 27 heavy (non-hydrogen) atoms. The molecule has 0 bridgehead atoms. The molecule has 7 nitrogen and oxygen atoms in total. The van der Waals surface area contributed by atoms with E-state index in [1.165, 1.54) is 11.9 Å². The number of nitrogens with one attached hydrogen (secondary N) is 1. The fraction of sp³-hybridized carbons (Fsp3) is 0.375. The van der Waals surface area contributed by atoms with Crippen LogP contribution in [0.2, 0.25) is 0 Å². The molecule has 2 amide bonds. The van der Waals surface area contributed by atoms with E-state index in [1.54, 1.807) is 31.2 Å². The van der Waals surface area contributed by atoms with Crippen LogP contribution in [0.4, 0.5) is 24.5 Å². The summed E-state index contributed by atoms with van der Waals surface area (Å²) in [6, 6.07) is 6.49. The summed E-state index contributed by atoms with van der Waals surface area (Å²) in [7, 11) is 1.20. The lowest BCUT2D eigenvalue weighted by molar-refractivity contribution is -0.147. The second-order valence-electron chi connectivity index (χ2n) is 6.03. The quantitative estimate of drug-likeness (QED) is 0.803. The zero-order valence-electron chi connectivity index (χ0n) is 14.4. The average Bonchev–Trinajstić information content (AvgIpc) is 2.89. The van der Waals surface area contributed by atoms with Crippen LogP contribution in [0.5, 0.6) is 0 Å². The molecule has 1 aromatic carbocycles. The van der Waals surface area contributed by atoms with Crippen LogP contribution in [-0.2, 0) is 22.8 Å². The van der Waals surface area contributed by atoms with Crippen LogP contribution < -0.4 is 10.2 Å². The Balaban J connectivity index is 1.80. The highest BCUT2D eigenvalue weighted by Crippen LogP contribution is 2.33. The van der Waals surface area contributed by atoms with Gasteiger partial charge >= 0.3 is 6.18 Å². The van der Waals surface area contributed by atoms with E-state index in [-0.39, 0.29) is 29.1 Å². The fourth-order valence-electron chi connectivity index (χ4n) is 2.85. The molecule has 0 saturated carbocycles. The number of aromatic nitrogens is 3. The maximum absolute atomic E-state index is 12.8. The van der Waals surface area contributed by atoms with Gasteiger partial charge in [-0.3, -0.25) is 9.59 Å². The molecular formula is C16H16F3N5O2S. The van der Waals surface area contributed by atoms with Crippen molar-refractivity contribution in [1.82, 2.24) is 14.8 Å². The van der Waals surface area contributed by atoms with Crippen LogP contribution in [0.1, 0.15) is 19.2 Å². The summed E-state index contributed by atoms with van der Waals surface area (Å²) < 4.78 is 39.2. The van der Waals surface area contributed by atoms with Gasteiger partial charge in [-0.15, -0.1) is 10.2 Å². The van der Waals surface area contributed by atoms with Crippen molar-refractivity contribution in [2.24, 2.45) is 7.05 Å². The Kier molecular flexibility index (Phi) is 5.13. The standard InChI is InChI=1S/C16H16F3N5O2S/c1-9-7-12(25)20-10-5-3-4-6-11(10)24(9)13(26)8-27-15-22-21-14(23(15)2)16(17,18)19/h3-6,9H,7-8H2,1-2H3,(H,20,25)/t9-/m0/s1. The molecule has 1 N–H and O–H groups in total. The number of anilines is 2. The fourth-order valence-corrected chi connectivity index (χ4v) is 3.62. The zero-order chi connectivity index (χ0) is 19.8. The topological polar surface area (TPSA) is 80.1 Å². The molecule has 0 unspecified atom stereocenters. The molecule has 0 fully saturated rings. The normalized spacial score (nSPS) is 17.3. The maximum atomic E-state index is 12.8. The Bertz CT molecular complexity index is 883. The lowest BCUT2D eigenvalue weighted by atomic mass is 10.2. The number of hydrogen-bond donors (Lipinski definition) is 1. The molecule has 2 heterocycles. The van der Waals surface area contributed by atoms with Crippen molar-refractivity contribution in [3.05, 3.63) is 30.1 Å². The first kappa shape index (κ1) is 19.2. The van der Waals surface area contributed by atoms with Gasteiger partial charge in [0.2, 0.25) is 17.6 Å². The van der Waals surface area contributed by atoms with E-state index >= 15 is 0 Å². The van der Waals surface area contributed by atoms with Gasteiger partial charge in [-0.25, -0.2) is 0 Å². The molecule has 11 heteroatoms. The Hall–Kier alpha value is -2.56. The molecule has 3 rings (SSSR count). The first-order valence-corrected chi connectivity index (χ1v) is 8.97. The van der Waals surface area contributed by atoms with Gasteiger partial charge in [0.25, 0.3) is 0 Å². The molecule has 0 aliphatic carbocycles. The number of carbonyl (C=O) groups is 2. The number of thioether (sulfide) groups is 1. The third-order valence-electron chi connectivity index (χ3n) is 4.04. The van der Waals surface area contributed by atoms with Crippen molar-refractivity contribution < 1.29 is 22.8 Å². The van der Waals surface area contributed by atoms with Crippen LogP contribution in [0.25, 0.3) is 0 Å². The lowest BCUT2D eigenvalue weighted by Gasteiger charge is -2.27.